The van der Waals surface area contributed by atoms with E-state index in [1.165, 1.54) is 11.1 Å². The van der Waals surface area contributed by atoms with Crippen molar-refractivity contribution in [1.82, 2.24) is 15.3 Å². The Morgan fingerprint density at radius 3 is 3.06 bits per heavy atom. The number of benzene rings is 1. The number of aromatic nitrogens is 2. The van der Waals surface area contributed by atoms with Crippen molar-refractivity contribution in [2.24, 2.45) is 11.7 Å². The minimum absolute atomic E-state index is 0.0388. The molecular formula is C21H23ClN6O4. The van der Waals surface area contributed by atoms with Gasteiger partial charge >= 0.3 is 6.09 Å². The molecule has 4 N–H and O–H groups in total. The topological polar surface area (TPSA) is 132 Å². The van der Waals surface area contributed by atoms with Gasteiger partial charge in [-0.25, -0.2) is 14.8 Å². The Kier molecular flexibility index (Phi) is 5.58. The smallest absolute Gasteiger partial charge is 0.415 e. The fourth-order valence-electron chi connectivity index (χ4n) is 4.34. The first-order valence-corrected chi connectivity index (χ1v) is 10.9. The molecule has 0 unspecified atom stereocenters. The highest BCUT2D eigenvalue weighted by molar-refractivity contribution is 6.31. The van der Waals surface area contributed by atoms with Gasteiger partial charge in [-0.05, 0) is 42.5 Å². The zero-order chi connectivity index (χ0) is 22.2. The number of ether oxygens (including phenoxy) is 2. The molecule has 3 heterocycles. The molecule has 0 bridgehead atoms. The third-order valence-electron chi connectivity index (χ3n) is 6.01. The van der Waals surface area contributed by atoms with Gasteiger partial charge in [0.15, 0.2) is 18.2 Å². The summed E-state index contributed by atoms with van der Waals surface area (Å²) in [6.45, 7) is 1.69. The molecule has 2 amide bonds. The van der Waals surface area contributed by atoms with Gasteiger partial charge < -0.3 is 25.8 Å². The van der Waals surface area contributed by atoms with Crippen LogP contribution in [0.3, 0.4) is 0 Å². The van der Waals surface area contributed by atoms with Gasteiger partial charge in [-0.2, -0.15) is 0 Å². The van der Waals surface area contributed by atoms with Crippen molar-refractivity contribution in [1.29, 1.82) is 0 Å². The van der Waals surface area contributed by atoms with Crippen LogP contribution in [0.4, 0.5) is 16.4 Å². The number of cyclic esters (lactones) is 1. The summed E-state index contributed by atoms with van der Waals surface area (Å²) < 4.78 is 10.7. The van der Waals surface area contributed by atoms with E-state index in [0.29, 0.717) is 25.3 Å². The van der Waals surface area contributed by atoms with Gasteiger partial charge in [0.25, 0.3) is 11.8 Å². The van der Waals surface area contributed by atoms with E-state index in [0.717, 1.165) is 29.1 Å². The maximum atomic E-state index is 12.3. The lowest BCUT2D eigenvalue weighted by Gasteiger charge is -2.18. The zero-order valence-corrected chi connectivity index (χ0v) is 18.0. The molecule has 0 saturated carbocycles. The van der Waals surface area contributed by atoms with Crippen LogP contribution in [-0.4, -0.2) is 54.3 Å². The van der Waals surface area contributed by atoms with E-state index in [-0.39, 0.29) is 42.3 Å². The third kappa shape index (κ3) is 3.96. The average Bonchev–Trinajstić information content (AvgIpc) is 3.31. The summed E-state index contributed by atoms with van der Waals surface area (Å²) in [4.78, 5) is 33.6. The number of amides is 2. The first-order chi connectivity index (χ1) is 15.5. The van der Waals surface area contributed by atoms with Crippen molar-refractivity contribution < 1.29 is 19.1 Å². The van der Waals surface area contributed by atoms with Crippen LogP contribution in [0.25, 0.3) is 0 Å². The largest absolute Gasteiger partial charge is 0.465 e. The number of nitrogens with zero attached hydrogens (tertiary/aromatic N) is 3. The van der Waals surface area contributed by atoms with Crippen molar-refractivity contribution in [3.63, 3.8) is 0 Å². The van der Waals surface area contributed by atoms with E-state index in [1.54, 1.807) is 0 Å². The second kappa shape index (κ2) is 8.53. The fourth-order valence-corrected chi connectivity index (χ4v) is 4.60. The summed E-state index contributed by atoms with van der Waals surface area (Å²) in [6, 6.07) is 5.84. The molecular weight excluding hydrogens is 436 g/mol. The molecule has 168 valence electrons. The maximum Gasteiger partial charge on any atom is 0.415 e. The number of carbonyl (C=O) groups is 2. The molecule has 1 fully saturated rings. The highest BCUT2D eigenvalue weighted by Gasteiger charge is 2.35. The molecule has 5 rings (SSSR count). The predicted molar refractivity (Wildman–Crippen MR) is 117 cm³/mol. The summed E-state index contributed by atoms with van der Waals surface area (Å²) in [7, 11) is 0. The number of hydrogen-bond acceptors (Lipinski definition) is 8. The van der Waals surface area contributed by atoms with Crippen LogP contribution in [0.15, 0.2) is 24.4 Å². The van der Waals surface area contributed by atoms with Crippen molar-refractivity contribution in [3.05, 3.63) is 40.5 Å². The Hall–Kier alpha value is -2.95. The first-order valence-electron chi connectivity index (χ1n) is 10.5. The number of halogens is 1. The number of nitrogens with two attached hydrogens (primary N) is 1. The van der Waals surface area contributed by atoms with Crippen LogP contribution < -0.4 is 26.0 Å². The standard InChI is InChI=1S/C21H23ClN6O4/c22-15-3-1-2-13-14(15)6-11(18(13)23)7-24-5-4-12-9-28(21(30)32-12)16-8-25-20-19(26-16)27-17(29)10-31-20/h1-3,8,11-12,18,24H,4-7,9-10,23H2,(H,26,27,29)/t11-,12+,18-/m0/s1. The normalized spacial score (nSPS) is 23.9. The quantitative estimate of drug-likeness (QED) is 0.556. The molecule has 1 aromatic heterocycles. The van der Waals surface area contributed by atoms with Crippen LogP contribution >= 0.6 is 11.6 Å². The molecule has 11 heteroatoms. The lowest BCUT2D eigenvalue weighted by atomic mass is 10.0. The van der Waals surface area contributed by atoms with Crippen molar-refractivity contribution in [3.8, 4) is 5.88 Å². The molecule has 1 saturated heterocycles. The number of rotatable bonds is 6. The Balaban J connectivity index is 1.12. The Bertz CT molecular complexity index is 1070. The van der Waals surface area contributed by atoms with E-state index in [9.17, 15) is 9.59 Å². The molecule has 1 aromatic carbocycles. The van der Waals surface area contributed by atoms with Gasteiger partial charge in [-0.15, -0.1) is 0 Å². The molecule has 10 nitrogen and oxygen atoms in total. The van der Waals surface area contributed by atoms with Gasteiger partial charge in [-0.3, -0.25) is 9.69 Å². The molecule has 3 aliphatic rings. The number of nitrogens with one attached hydrogen (secondary N) is 2. The number of fused-ring (bicyclic) bond motifs is 2. The second-order valence-electron chi connectivity index (χ2n) is 8.13. The molecule has 3 atom stereocenters. The van der Waals surface area contributed by atoms with Crippen molar-refractivity contribution in [2.75, 3.05) is 36.5 Å². The molecule has 0 spiro atoms. The van der Waals surface area contributed by atoms with Gasteiger partial charge in [-0.1, -0.05) is 23.7 Å². The molecule has 32 heavy (non-hydrogen) atoms. The van der Waals surface area contributed by atoms with E-state index < -0.39 is 6.09 Å². The van der Waals surface area contributed by atoms with Gasteiger partial charge in [0.2, 0.25) is 0 Å². The van der Waals surface area contributed by atoms with Crippen LogP contribution in [0, 0.1) is 5.92 Å². The highest BCUT2D eigenvalue weighted by atomic mass is 35.5. The lowest BCUT2D eigenvalue weighted by molar-refractivity contribution is -0.118. The number of hydrogen-bond donors (Lipinski definition) is 3. The monoisotopic (exact) mass is 458 g/mol. The van der Waals surface area contributed by atoms with Crippen molar-refractivity contribution >= 4 is 35.2 Å². The van der Waals surface area contributed by atoms with Crippen LogP contribution in [-0.2, 0) is 16.0 Å². The number of carbonyl (C=O) groups excluding carboxylic acids is 2. The summed E-state index contributed by atoms with van der Waals surface area (Å²) >= 11 is 6.31. The van der Waals surface area contributed by atoms with E-state index in [2.05, 4.69) is 20.6 Å². The minimum atomic E-state index is -0.491. The van der Waals surface area contributed by atoms with E-state index in [1.807, 2.05) is 18.2 Å². The fraction of sp³-hybridized carbons (Fsp3) is 0.429. The van der Waals surface area contributed by atoms with Crippen molar-refractivity contribution in [2.45, 2.75) is 25.0 Å². The zero-order valence-electron chi connectivity index (χ0n) is 17.2. The third-order valence-corrected chi connectivity index (χ3v) is 6.37. The van der Waals surface area contributed by atoms with Gasteiger partial charge in [0.1, 0.15) is 6.10 Å². The molecule has 1 aliphatic carbocycles. The summed E-state index contributed by atoms with van der Waals surface area (Å²) in [5.41, 5.74) is 8.66. The highest BCUT2D eigenvalue weighted by Crippen LogP contribution is 2.37. The Labute approximate surface area is 189 Å². The van der Waals surface area contributed by atoms with E-state index >= 15 is 0 Å². The lowest BCUT2D eigenvalue weighted by Crippen LogP contribution is -2.32. The summed E-state index contributed by atoms with van der Waals surface area (Å²) in [5, 5.41) is 6.79. The van der Waals surface area contributed by atoms with Crippen LogP contribution in [0.2, 0.25) is 5.02 Å². The molecule has 2 aromatic rings. The summed E-state index contributed by atoms with van der Waals surface area (Å²) in [5.74, 6) is 0.697. The van der Waals surface area contributed by atoms with Gasteiger partial charge in [0, 0.05) is 17.6 Å². The molecule has 2 aliphatic heterocycles. The van der Waals surface area contributed by atoms with E-state index in [4.69, 9.17) is 26.8 Å². The average molecular weight is 459 g/mol. The minimum Gasteiger partial charge on any atom is -0.465 e. The predicted octanol–water partition coefficient (Wildman–Crippen LogP) is 1.64. The first kappa shape index (κ1) is 20.9. The Morgan fingerprint density at radius 1 is 1.34 bits per heavy atom. The Morgan fingerprint density at radius 2 is 2.22 bits per heavy atom. The second-order valence-corrected chi connectivity index (χ2v) is 8.53. The summed E-state index contributed by atoms with van der Waals surface area (Å²) in [6.07, 6.45) is 2.17. The maximum absolute atomic E-state index is 12.3. The van der Waals surface area contributed by atoms with Gasteiger partial charge in [0.05, 0.1) is 12.7 Å². The van der Waals surface area contributed by atoms with Crippen LogP contribution in [0.5, 0.6) is 5.88 Å². The van der Waals surface area contributed by atoms with Crippen LogP contribution in [0.1, 0.15) is 23.6 Å². The SMILES string of the molecule is N[C@@H]1c2cccc(Cl)c2C[C@H]1CNCC[C@@H]1CN(c2cnc3c(n2)NC(=O)CO3)C(=O)O1. The number of anilines is 2. The molecule has 0 radical (unpaired) electrons.